The molecular formula is C15H26N4O. The lowest BCUT2D eigenvalue weighted by Crippen LogP contribution is -2.48. The Bertz CT molecular complexity index is 446. The van der Waals surface area contributed by atoms with Crippen LogP contribution in [0.4, 0.5) is 0 Å². The van der Waals surface area contributed by atoms with Crippen LogP contribution in [0.2, 0.25) is 0 Å². The molecule has 0 bridgehead atoms. The maximum Gasteiger partial charge on any atom is 0.227 e. The van der Waals surface area contributed by atoms with Gasteiger partial charge in [-0.1, -0.05) is 6.92 Å². The summed E-state index contributed by atoms with van der Waals surface area (Å²) in [7, 11) is 1.90. The Morgan fingerprint density at radius 1 is 1.55 bits per heavy atom. The second kappa shape index (κ2) is 6.39. The van der Waals surface area contributed by atoms with Crippen LogP contribution < -0.4 is 11.1 Å². The maximum atomic E-state index is 12.4. The molecule has 1 heterocycles. The lowest BCUT2D eigenvalue weighted by atomic mass is 9.70. The van der Waals surface area contributed by atoms with E-state index in [9.17, 15) is 4.79 Å². The summed E-state index contributed by atoms with van der Waals surface area (Å²) < 4.78 is 1.78. The van der Waals surface area contributed by atoms with Crippen molar-refractivity contribution in [3.8, 4) is 0 Å². The zero-order valence-corrected chi connectivity index (χ0v) is 12.6. The summed E-state index contributed by atoms with van der Waals surface area (Å²) in [6.07, 6.45) is 8.68. The molecule has 0 aliphatic heterocycles. The highest BCUT2D eigenvalue weighted by molar-refractivity contribution is 5.83. The molecule has 20 heavy (non-hydrogen) atoms. The number of hydrogen-bond donors (Lipinski definition) is 2. The Balaban J connectivity index is 1.83. The highest BCUT2D eigenvalue weighted by atomic mass is 16.2. The minimum atomic E-state index is -0.332. The van der Waals surface area contributed by atoms with Crippen LogP contribution in [-0.4, -0.2) is 28.8 Å². The highest BCUT2D eigenvalue weighted by Crippen LogP contribution is 2.38. The van der Waals surface area contributed by atoms with E-state index >= 15 is 0 Å². The van der Waals surface area contributed by atoms with Crippen LogP contribution >= 0.6 is 0 Å². The standard InChI is InChI=1S/C15H26N4O/c1-12-3-6-15(11-16,7-4-12)14(20)17-8-5-13-9-18-19(2)10-13/h9-10,12H,3-8,11,16H2,1-2H3,(H,17,20). The number of carbonyl (C=O) groups is 1. The lowest BCUT2D eigenvalue weighted by Gasteiger charge is -2.37. The number of aromatic nitrogens is 2. The first kappa shape index (κ1) is 15.0. The van der Waals surface area contributed by atoms with Gasteiger partial charge in [0.05, 0.1) is 11.6 Å². The molecule has 0 saturated heterocycles. The number of carbonyl (C=O) groups excluding carboxylic acids is 1. The summed E-state index contributed by atoms with van der Waals surface area (Å²) in [5.74, 6) is 0.855. The van der Waals surface area contributed by atoms with Crippen molar-refractivity contribution >= 4 is 5.91 Å². The molecule has 0 aromatic carbocycles. The van der Waals surface area contributed by atoms with Crippen LogP contribution in [0.15, 0.2) is 12.4 Å². The monoisotopic (exact) mass is 278 g/mol. The molecule has 1 aliphatic carbocycles. The number of nitrogens with zero attached hydrogens (tertiary/aromatic N) is 2. The van der Waals surface area contributed by atoms with Crippen LogP contribution in [0.3, 0.4) is 0 Å². The molecule has 5 heteroatoms. The number of rotatable bonds is 5. The highest BCUT2D eigenvalue weighted by Gasteiger charge is 2.39. The van der Waals surface area contributed by atoms with Crippen molar-refractivity contribution in [1.29, 1.82) is 0 Å². The van der Waals surface area contributed by atoms with Crippen molar-refractivity contribution in [3.63, 3.8) is 0 Å². The van der Waals surface area contributed by atoms with Gasteiger partial charge < -0.3 is 11.1 Å². The Kier molecular flexibility index (Phi) is 4.81. The number of aryl methyl sites for hydroxylation is 1. The van der Waals surface area contributed by atoms with E-state index in [0.717, 1.165) is 43.6 Å². The van der Waals surface area contributed by atoms with E-state index in [2.05, 4.69) is 17.3 Å². The minimum absolute atomic E-state index is 0.135. The molecule has 1 amide bonds. The van der Waals surface area contributed by atoms with Crippen LogP contribution in [0, 0.1) is 11.3 Å². The van der Waals surface area contributed by atoms with Crippen molar-refractivity contribution < 1.29 is 4.79 Å². The van der Waals surface area contributed by atoms with Gasteiger partial charge in [0.2, 0.25) is 5.91 Å². The topological polar surface area (TPSA) is 72.9 Å². The fourth-order valence-corrected chi connectivity index (χ4v) is 2.95. The molecule has 0 atom stereocenters. The lowest BCUT2D eigenvalue weighted by molar-refractivity contribution is -0.132. The first-order valence-corrected chi connectivity index (χ1v) is 7.51. The van der Waals surface area contributed by atoms with E-state index in [1.165, 1.54) is 0 Å². The van der Waals surface area contributed by atoms with Gasteiger partial charge in [-0.2, -0.15) is 5.10 Å². The number of hydrogen-bond acceptors (Lipinski definition) is 3. The van der Waals surface area contributed by atoms with E-state index in [4.69, 9.17) is 5.73 Å². The summed E-state index contributed by atoms with van der Waals surface area (Å²) >= 11 is 0. The van der Waals surface area contributed by atoms with Crippen molar-refractivity contribution in [3.05, 3.63) is 18.0 Å². The Morgan fingerprint density at radius 3 is 2.80 bits per heavy atom. The van der Waals surface area contributed by atoms with Crippen LogP contribution in [0.25, 0.3) is 0 Å². The number of amides is 1. The first-order chi connectivity index (χ1) is 9.55. The fourth-order valence-electron chi connectivity index (χ4n) is 2.95. The molecule has 1 saturated carbocycles. The van der Waals surface area contributed by atoms with Gasteiger partial charge in [0.15, 0.2) is 0 Å². The smallest absolute Gasteiger partial charge is 0.227 e. The minimum Gasteiger partial charge on any atom is -0.355 e. The van der Waals surface area contributed by atoms with Gasteiger partial charge in [0, 0.05) is 26.3 Å². The molecule has 0 radical (unpaired) electrons. The third-order valence-electron chi connectivity index (χ3n) is 4.56. The molecule has 1 aromatic heterocycles. The van der Waals surface area contributed by atoms with Crippen molar-refractivity contribution in [2.75, 3.05) is 13.1 Å². The fraction of sp³-hybridized carbons (Fsp3) is 0.733. The van der Waals surface area contributed by atoms with Crippen molar-refractivity contribution in [1.82, 2.24) is 15.1 Å². The predicted molar refractivity (Wildman–Crippen MR) is 79.0 cm³/mol. The third kappa shape index (κ3) is 3.39. The molecule has 5 nitrogen and oxygen atoms in total. The van der Waals surface area contributed by atoms with E-state index < -0.39 is 0 Å². The van der Waals surface area contributed by atoms with Gasteiger partial charge in [-0.25, -0.2) is 0 Å². The van der Waals surface area contributed by atoms with E-state index in [1.54, 1.807) is 4.68 Å². The predicted octanol–water partition coefficient (Wildman–Crippen LogP) is 1.23. The molecule has 1 aromatic rings. The summed E-state index contributed by atoms with van der Waals surface area (Å²) in [5.41, 5.74) is 6.71. The van der Waals surface area contributed by atoms with Gasteiger partial charge in [-0.3, -0.25) is 9.48 Å². The molecule has 112 valence electrons. The molecule has 0 spiro atoms. The van der Waals surface area contributed by atoms with E-state index in [-0.39, 0.29) is 11.3 Å². The van der Waals surface area contributed by atoms with Crippen LogP contribution in [0.5, 0.6) is 0 Å². The van der Waals surface area contributed by atoms with Gasteiger partial charge in [-0.15, -0.1) is 0 Å². The quantitative estimate of drug-likeness (QED) is 0.851. The zero-order valence-electron chi connectivity index (χ0n) is 12.6. The average molecular weight is 278 g/mol. The summed E-state index contributed by atoms with van der Waals surface area (Å²) in [6.45, 7) is 3.36. The Morgan fingerprint density at radius 2 is 2.25 bits per heavy atom. The van der Waals surface area contributed by atoms with Gasteiger partial charge in [0.25, 0.3) is 0 Å². The number of nitrogens with two attached hydrogens (primary N) is 1. The molecule has 3 N–H and O–H groups in total. The summed E-state index contributed by atoms with van der Waals surface area (Å²) in [6, 6.07) is 0. The van der Waals surface area contributed by atoms with E-state index in [1.807, 2.05) is 19.4 Å². The molecule has 2 rings (SSSR count). The van der Waals surface area contributed by atoms with Gasteiger partial charge in [-0.05, 0) is 43.6 Å². The molecule has 1 aliphatic rings. The largest absolute Gasteiger partial charge is 0.355 e. The van der Waals surface area contributed by atoms with Gasteiger partial charge in [0.1, 0.15) is 0 Å². The summed E-state index contributed by atoms with van der Waals surface area (Å²) in [5, 5.41) is 7.19. The van der Waals surface area contributed by atoms with Crippen LogP contribution in [0.1, 0.15) is 38.2 Å². The molecule has 1 fully saturated rings. The van der Waals surface area contributed by atoms with Crippen molar-refractivity contribution in [2.45, 2.75) is 39.0 Å². The number of nitrogens with one attached hydrogen (secondary N) is 1. The zero-order chi connectivity index (χ0) is 14.6. The van der Waals surface area contributed by atoms with Crippen LogP contribution in [-0.2, 0) is 18.3 Å². The first-order valence-electron chi connectivity index (χ1n) is 7.51. The summed E-state index contributed by atoms with van der Waals surface area (Å²) in [4.78, 5) is 12.4. The Hall–Kier alpha value is -1.36. The normalized spacial score (nSPS) is 26.4. The SMILES string of the molecule is CC1CCC(CN)(C(=O)NCCc2cnn(C)c2)CC1. The third-order valence-corrected chi connectivity index (χ3v) is 4.56. The van der Waals surface area contributed by atoms with Crippen molar-refractivity contribution in [2.24, 2.45) is 24.1 Å². The maximum absolute atomic E-state index is 12.4. The molecular weight excluding hydrogens is 252 g/mol. The van der Waals surface area contributed by atoms with Gasteiger partial charge >= 0.3 is 0 Å². The molecule has 0 unspecified atom stereocenters. The second-order valence-corrected chi connectivity index (χ2v) is 6.20. The average Bonchev–Trinajstić information content (AvgIpc) is 2.85. The second-order valence-electron chi connectivity index (χ2n) is 6.20. The van der Waals surface area contributed by atoms with E-state index in [0.29, 0.717) is 13.1 Å². The Labute approximate surface area is 120 Å².